The predicted molar refractivity (Wildman–Crippen MR) is 91.9 cm³/mol. The van der Waals surface area contributed by atoms with Gasteiger partial charge < -0.3 is 10.1 Å². The van der Waals surface area contributed by atoms with Crippen molar-refractivity contribution in [1.29, 1.82) is 0 Å². The van der Waals surface area contributed by atoms with Crippen molar-refractivity contribution in [1.82, 2.24) is 20.0 Å². The number of methoxy groups -OCH3 is 1. The van der Waals surface area contributed by atoms with E-state index in [2.05, 4.69) is 39.6 Å². The van der Waals surface area contributed by atoms with Gasteiger partial charge in [0.05, 0.1) is 5.69 Å². The van der Waals surface area contributed by atoms with Crippen LogP contribution < -0.4 is 5.32 Å². The number of benzene rings is 1. The molecule has 1 aliphatic heterocycles. The quantitative estimate of drug-likeness (QED) is 0.875. The highest BCUT2D eigenvalue weighted by molar-refractivity contribution is 5.77. The van der Waals surface area contributed by atoms with Crippen LogP contribution in [0.4, 0.5) is 0 Å². The van der Waals surface area contributed by atoms with E-state index in [1.807, 2.05) is 16.9 Å². The molecular weight excluding hydrogens is 304 g/mol. The first-order valence-electron chi connectivity index (χ1n) is 8.34. The Labute approximate surface area is 142 Å². The Morgan fingerprint density at radius 3 is 2.67 bits per heavy atom. The van der Waals surface area contributed by atoms with Crippen molar-refractivity contribution >= 4 is 5.91 Å². The standard InChI is InChI=1S/C18H24N4O2/c1-24-14-18(23)20-16-7-11-21(12-8-16)13-15-3-5-17(6-4-15)22-10-2-9-19-22/h2-6,9-10,16H,7-8,11-14H2,1H3,(H,20,23). The minimum atomic E-state index is -0.0230. The van der Waals surface area contributed by atoms with Gasteiger partial charge in [0.2, 0.25) is 5.91 Å². The number of nitrogens with zero attached hydrogens (tertiary/aromatic N) is 3. The molecule has 1 aliphatic rings. The van der Waals surface area contributed by atoms with E-state index in [0.29, 0.717) is 0 Å². The number of aromatic nitrogens is 2. The molecule has 2 heterocycles. The van der Waals surface area contributed by atoms with Crippen molar-refractivity contribution in [3.8, 4) is 5.69 Å². The van der Waals surface area contributed by atoms with Gasteiger partial charge in [-0.25, -0.2) is 4.68 Å². The second kappa shape index (κ2) is 8.08. The summed E-state index contributed by atoms with van der Waals surface area (Å²) in [5.74, 6) is -0.0230. The highest BCUT2D eigenvalue weighted by atomic mass is 16.5. The zero-order valence-corrected chi connectivity index (χ0v) is 14.0. The fourth-order valence-electron chi connectivity index (χ4n) is 3.07. The van der Waals surface area contributed by atoms with Crippen LogP contribution in [0.5, 0.6) is 0 Å². The van der Waals surface area contributed by atoms with Crippen LogP contribution in [-0.4, -0.2) is 53.4 Å². The number of nitrogens with one attached hydrogen (secondary N) is 1. The number of hydrogen-bond donors (Lipinski definition) is 1. The Hall–Kier alpha value is -2.18. The van der Waals surface area contributed by atoms with E-state index in [0.717, 1.165) is 38.2 Å². The molecular formula is C18H24N4O2. The Morgan fingerprint density at radius 1 is 1.29 bits per heavy atom. The summed E-state index contributed by atoms with van der Waals surface area (Å²) in [7, 11) is 1.54. The van der Waals surface area contributed by atoms with E-state index in [9.17, 15) is 4.79 Å². The first kappa shape index (κ1) is 16.7. The van der Waals surface area contributed by atoms with Gasteiger partial charge in [-0.05, 0) is 36.6 Å². The summed E-state index contributed by atoms with van der Waals surface area (Å²) in [6.07, 6.45) is 5.70. The fourth-order valence-corrected chi connectivity index (χ4v) is 3.07. The maximum atomic E-state index is 11.6. The van der Waals surface area contributed by atoms with Crippen LogP contribution in [0.15, 0.2) is 42.7 Å². The molecule has 24 heavy (non-hydrogen) atoms. The molecule has 3 rings (SSSR count). The summed E-state index contributed by atoms with van der Waals surface area (Å²) in [5, 5.41) is 7.27. The normalized spacial score (nSPS) is 16.2. The summed E-state index contributed by atoms with van der Waals surface area (Å²) in [6.45, 7) is 3.08. The summed E-state index contributed by atoms with van der Waals surface area (Å²) in [5.41, 5.74) is 2.37. The lowest BCUT2D eigenvalue weighted by molar-refractivity contribution is -0.125. The summed E-state index contributed by atoms with van der Waals surface area (Å²) in [6, 6.07) is 10.7. The van der Waals surface area contributed by atoms with Crippen molar-refractivity contribution in [3.05, 3.63) is 48.3 Å². The number of amides is 1. The molecule has 1 aromatic carbocycles. The van der Waals surface area contributed by atoms with Crippen molar-refractivity contribution in [2.24, 2.45) is 0 Å². The molecule has 6 heteroatoms. The van der Waals surface area contributed by atoms with Crippen LogP contribution >= 0.6 is 0 Å². The molecule has 128 valence electrons. The monoisotopic (exact) mass is 328 g/mol. The number of piperidine rings is 1. The molecule has 0 atom stereocenters. The molecule has 1 aromatic heterocycles. The number of likely N-dealkylation sites (tertiary alicyclic amines) is 1. The van der Waals surface area contributed by atoms with Gasteiger partial charge in [0.15, 0.2) is 0 Å². The zero-order chi connectivity index (χ0) is 16.8. The molecule has 0 unspecified atom stereocenters. The first-order valence-corrected chi connectivity index (χ1v) is 8.34. The minimum Gasteiger partial charge on any atom is -0.375 e. The predicted octanol–water partition coefficient (Wildman–Crippen LogP) is 1.60. The molecule has 0 saturated carbocycles. The van der Waals surface area contributed by atoms with E-state index in [-0.39, 0.29) is 18.6 Å². The topological polar surface area (TPSA) is 59.4 Å². The molecule has 1 N–H and O–H groups in total. The lowest BCUT2D eigenvalue weighted by Gasteiger charge is -2.32. The van der Waals surface area contributed by atoms with Crippen LogP contribution in [-0.2, 0) is 16.1 Å². The number of rotatable bonds is 6. The van der Waals surface area contributed by atoms with E-state index in [1.54, 1.807) is 13.3 Å². The van der Waals surface area contributed by atoms with Gasteiger partial charge in [0.1, 0.15) is 6.61 Å². The third-order valence-corrected chi connectivity index (χ3v) is 4.34. The molecule has 2 aromatic rings. The lowest BCUT2D eigenvalue weighted by Crippen LogP contribution is -2.45. The average molecular weight is 328 g/mol. The molecule has 0 bridgehead atoms. The number of hydrogen-bond acceptors (Lipinski definition) is 4. The van der Waals surface area contributed by atoms with Crippen molar-refractivity contribution in [2.45, 2.75) is 25.4 Å². The SMILES string of the molecule is COCC(=O)NC1CCN(Cc2ccc(-n3cccn3)cc2)CC1. The lowest BCUT2D eigenvalue weighted by atomic mass is 10.0. The van der Waals surface area contributed by atoms with Crippen LogP contribution in [0.1, 0.15) is 18.4 Å². The van der Waals surface area contributed by atoms with Crippen molar-refractivity contribution in [3.63, 3.8) is 0 Å². The first-order chi connectivity index (χ1) is 11.7. The van der Waals surface area contributed by atoms with E-state index in [1.165, 1.54) is 5.56 Å². The Kier molecular flexibility index (Phi) is 5.61. The molecule has 6 nitrogen and oxygen atoms in total. The Balaban J connectivity index is 1.47. The largest absolute Gasteiger partial charge is 0.375 e. The van der Waals surface area contributed by atoms with Crippen LogP contribution in [0.3, 0.4) is 0 Å². The summed E-state index contributed by atoms with van der Waals surface area (Å²) >= 11 is 0. The third-order valence-electron chi connectivity index (χ3n) is 4.34. The molecule has 1 amide bonds. The van der Waals surface area contributed by atoms with Gasteiger partial charge in [-0.3, -0.25) is 9.69 Å². The van der Waals surface area contributed by atoms with E-state index < -0.39 is 0 Å². The van der Waals surface area contributed by atoms with E-state index >= 15 is 0 Å². The molecule has 0 spiro atoms. The maximum Gasteiger partial charge on any atom is 0.246 e. The molecule has 1 saturated heterocycles. The second-order valence-corrected chi connectivity index (χ2v) is 6.17. The average Bonchev–Trinajstić information content (AvgIpc) is 3.12. The maximum absolute atomic E-state index is 11.6. The number of carbonyl (C=O) groups is 1. The third kappa shape index (κ3) is 4.43. The van der Waals surface area contributed by atoms with Gasteiger partial charge in [-0.2, -0.15) is 5.10 Å². The zero-order valence-electron chi connectivity index (χ0n) is 14.0. The van der Waals surface area contributed by atoms with Gasteiger partial charge >= 0.3 is 0 Å². The fraction of sp³-hybridized carbons (Fsp3) is 0.444. The minimum absolute atomic E-state index is 0.0230. The highest BCUT2D eigenvalue weighted by Gasteiger charge is 2.20. The van der Waals surface area contributed by atoms with Crippen LogP contribution in [0.2, 0.25) is 0 Å². The Morgan fingerprint density at radius 2 is 2.04 bits per heavy atom. The second-order valence-electron chi connectivity index (χ2n) is 6.17. The van der Waals surface area contributed by atoms with Crippen LogP contribution in [0.25, 0.3) is 5.69 Å². The van der Waals surface area contributed by atoms with E-state index in [4.69, 9.17) is 4.74 Å². The highest BCUT2D eigenvalue weighted by Crippen LogP contribution is 2.15. The van der Waals surface area contributed by atoms with Gasteiger partial charge in [-0.15, -0.1) is 0 Å². The van der Waals surface area contributed by atoms with Crippen molar-refractivity contribution in [2.75, 3.05) is 26.8 Å². The summed E-state index contributed by atoms with van der Waals surface area (Å²) < 4.78 is 6.71. The van der Waals surface area contributed by atoms with Crippen molar-refractivity contribution < 1.29 is 9.53 Å². The van der Waals surface area contributed by atoms with Gasteiger partial charge in [-0.1, -0.05) is 12.1 Å². The van der Waals surface area contributed by atoms with Crippen LogP contribution in [0, 0.1) is 0 Å². The number of carbonyl (C=O) groups excluding carboxylic acids is 1. The molecule has 1 fully saturated rings. The number of ether oxygens (including phenoxy) is 1. The van der Waals surface area contributed by atoms with Gasteiger partial charge in [0.25, 0.3) is 0 Å². The molecule has 0 aliphatic carbocycles. The Bertz CT molecular complexity index is 632. The van der Waals surface area contributed by atoms with Gasteiger partial charge in [0, 0.05) is 45.2 Å². The summed E-state index contributed by atoms with van der Waals surface area (Å²) in [4.78, 5) is 14.0. The molecule has 0 radical (unpaired) electrons. The smallest absolute Gasteiger partial charge is 0.246 e.